The van der Waals surface area contributed by atoms with Gasteiger partial charge in [-0.15, -0.1) is 0 Å². The van der Waals surface area contributed by atoms with E-state index in [1.807, 2.05) is 5.43 Å². The molecule has 0 heterocycles. The molecule has 0 aliphatic rings. The number of carbonyl (C=O) groups is 2. The van der Waals surface area contributed by atoms with Gasteiger partial charge in [-0.05, 0) is 6.42 Å². The van der Waals surface area contributed by atoms with Crippen LogP contribution in [0.15, 0.2) is 0 Å². The predicted octanol–water partition coefficient (Wildman–Crippen LogP) is -0.0403. The SMILES string of the molecule is CCCN(NC(N)=O)C(=O)O. The summed E-state index contributed by atoms with van der Waals surface area (Å²) >= 11 is 0. The Balaban J connectivity index is 3.89. The van der Waals surface area contributed by atoms with Gasteiger partial charge < -0.3 is 10.8 Å². The van der Waals surface area contributed by atoms with Gasteiger partial charge in [0.25, 0.3) is 0 Å². The van der Waals surface area contributed by atoms with Crippen molar-refractivity contribution in [3.8, 4) is 0 Å². The standard InChI is InChI=1S/C5H11N3O3/c1-2-3-8(5(10)11)7-4(6)9/h2-3H2,1H3,(H,10,11)(H3,6,7,9). The van der Waals surface area contributed by atoms with Crippen LogP contribution in [0.25, 0.3) is 0 Å². The van der Waals surface area contributed by atoms with Crippen LogP contribution in [-0.2, 0) is 0 Å². The highest BCUT2D eigenvalue weighted by molar-refractivity contribution is 5.75. The maximum absolute atomic E-state index is 10.3. The Morgan fingerprint density at radius 2 is 2.18 bits per heavy atom. The van der Waals surface area contributed by atoms with E-state index in [-0.39, 0.29) is 6.54 Å². The fraction of sp³-hybridized carbons (Fsp3) is 0.600. The van der Waals surface area contributed by atoms with Crippen LogP contribution in [0.5, 0.6) is 0 Å². The average molecular weight is 161 g/mol. The van der Waals surface area contributed by atoms with Gasteiger partial charge in [0.15, 0.2) is 0 Å². The lowest BCUT2D eigenvalue weighted by Gasteiger charge is -2.16. The number of rotatable bonds is 2. The number of amides is 3. The molecule has 0 saturated carbocycles. The van der Waals surface area contributed by atoms with E-state index in [0.29, 0.717) is 6.42 Å². The normalized spacial score (nSPS) is 8.82. The maximum atomic E-state index is 10.3. The quantitative estimate of drug-likeness (QED) is 0.496. The minimum absolute atomic E-state index is 0.234. The van der Waals surface area contributed by atoms with Crippen molar-refractivity contribution in [1.29, 1.82) is 0 Å². The molecule has 11 heavy (non-hydrogen) atoms. The molecule has 0 aromatic carbocycles. The van der Waals surface area contributed by atoms with Crippen molar-refractivity contribution in [3.05, 3.63) is 0 Å². The van der Waals surface area contributed by atoms with Gasteiger partial charge in [0.2, 0.25) is 0 Å². The number of hydrogen-bond donors (Lipinski definition) is 3. The van der Waals surface area contributed by atoms with Crippen LogP contribution >= 0.6 is 0 Å². The van der Waals surface area contributed by atoms with E-state index in [1.54, 1.807) is 6.92 Å². The minimum Gasteiger partial charge on any atom is -0.464 e. The second kappa shape index (κ2) is 4.37. The van der Waals surface area contributed by atoms with E-state index in [2.05, 4.69) is 0 Å². The molecule has 4 N–H and O–H groups in total. The molecular formula is C5H11N3O3. The first-order valence-electron chi connectivity index (χ1n) is 3.14. The third-order valence-electron chi connectivity index (χ3n) is 0.923. The van der Waals surface area contributed by atoms with Gasteiger partial charge in [-0.1, -0.05) is 6.92 Å². The van der Waals surface area contributed by atoms with Crippen molar-refractivity contribution in [1.82, 2.24) is 10.4 Å². The Bertz CT molecular complexity index is 159. The molecule has 0 rings (SSSR count). The van der Waals surface area contributed by atoms with Gasteiger partial charge >= 0.3 is 12.1 Å². The van der Waals surface area contributed by atoms with E-state index < -0.39 is 12.1 Å². The maximum Gasteiger partial charge on any atom is 0.426 e. The van der Waals surface area contributed by atoms with E-state index in [4.69, 9.17) is 10.8 Å². The average Bonchev–Trinajstić information content (AvgIpc) is 1.86. The number of nitrogens with one attached hydrogen (secondary N) is 1. The smallest absolute Gasteiger partial charge is 0.426 e. The lowest BCUT2D eigenvalue weighted by molar-refractivity contribution is 0.125. The number of nitrogens with zero attached hydrogens (tertiary/aromatic N) is 1. The molecule has 0 aromatic rings. The summed E-state index contributed by atoms with van der Waals surface area (Å²) in [7, 11) is 0. The predicted molar refractivity (Wildman–Crippen MR) is 37.7 cm³/mol. The Kier molecular flexibility index (Phi) is 3.79. The molecule has 0 radical (unpaired) electrons. The fourth-order valence-corrected chi connectivity index (χ4v) is 0.556. The van der Waals surface area contributed by atoms with Crippen LogP contribution < -0.4 is 11.2 Å². The highest BCUT2D eigenvalue weighted by Crippen LogP contribution is 1.86. The molecule has 3 amide bonds. The first-order chi connectivity index (χ1) is 5.07. The van der Waals surface area contributed by atoms with E-state index >= 15 is 0 Å². The second-order valence-corrected chi connectivity index (χ2v) is 1.91. The van der Waals surface area contributed by atoms with Crippen molar-refractivity contribution in [3.63, 3.8) is 0 Å². The molecule has 0 aliphatic heterocycles. The third kappa shape index (κ3) is 4.01. The van der Waals surface area contributed by atoms with Crippen molar-refractivity contribution in [2.45, 2.75) is 13.3 Å². The Morgan fingerprint density at radius 3 is 2.45 bits per heavy atom. The number of nitrogens with two attached hydrogens (primary N) is 1. The van der Waals surface area contributed by atoms with Gasteiger partial charge in [0.1, 0.15) is 0 Å². The van der Waals surface area contributed by atoms with Crippen molar-refractivity contribution >= 4 is 12.1 Å². The molecule has 64 valence electrons. The third-order valence-corrected chi connectivity index (χ3v) is 0.923. The van der Waals surface area contributed by atoms with Crippen LogP contribution in [-0.4, -0.2) is 28.8 Å². The number of hydrogen-bond acceptors (Lipinski definition) is 2. The molecule has 6 nitrogen and oxygen atoms in total. The number of carboxylic acid groups (broad SMARTS) is 1. The molecule has 0 atom stereocenters. The first-order valence-corrected chi connectivity index (χ1v) is 3.14. The molecule has 0 fully saturated rings. The van der Waals surface area contributed by atoms with Crippen molar-refractivity contribution < 1.29 is 14.7 Å². The van der Waals surface area contributed by atoms with Gasteiger partial charge in [0.05, 0.1) is 0 Å². The van der Waals surface area contributed by atoms with E-state index in [9.17, 15) is 9.59 Å². The van der Waals surface area contributed by atoms with Crippen LogP contribution in [0.2, 0.25) is 0 Å². The Hall–Kier alpha value is -1.46. The summed E-state index contributed by atoms with van der Waals surface area (Å²) in [5, 5.41) is 9.15. The van der Waals surface area contributed by atoms with Crippen LogP contribution in [0, 0.1) is 0 Å². The summed E-state index contributed by atoms with van der Waals surface area (Å²) in [5.41, 5.74) is 6.66. The summed E-state index contributed by atoms with van der Waals surface area (Å²) < 4.78 is 0. The summed E-state index contributed by atoms with van der Waals surface area (Å²) in [6.07, 6.45) is -0.599. The Morgan fingerprint density at radius 1 is 1.64 bits per heavy atom. The number of primary amides is 1. The molecule has 0 saturated heterocycles. The minimum atomic E-state index is -1.22. The highest BCUT2D eigenvalue weighted by Gasteiger charge is 2.10. The van der Waals surface area contributed by atoms with Crippen molar-refractivity contribution in [2.75, 3.05) is 6.54 Å². The van der Waals surface area contributed by atoms with E-state index in [0.717, 1.165) is 5.01 Å². The monoisotopic (exact) mass is 161 g/mol. The van der Waals surface area contributed by atoms with Gasteiger partial charge in [-0.25, -0.2) is 20.0 Å². The summed E-state index contributed by atoms with van der Waals surface area (Å²) in [4.78, 5) is 20.5. The molecule has 6 heteroatoms. The topological polar surface area (TPSA) is 95.7 Å². The van der Waals surface area contributed by atoms with Crippen LogP contribution in [0.3, 0.4) is 0 Å². The molecule has 0 unspecified atom stereocenters. The lowest BCUT2D eigenvalue weighted by atomic mass is 10.5. The summed E-state index contributed by atoms with van der Waals surface area (Å²) in [5.74, 6) is 0. The van der Waals surface area contributed by atoms with Crippen LogP contribution in [0.4, 0.5) is 9.59 Å². The summed E-state index contributed by atoms with van der Waals surface area (Å²) in [6.45, 7) is 2.02. The van der Waals surface area contributed by atoms with Crippen LogP contribution in [0.1, 0.15) is 13.3 Å². The lowest BCUT2D eigenvalue weighted by Crippen LogP contribution is -2.48. The van der Waals surface area contributed by atoms with Crippen molar-refractivity contribution in [2.24, 2.45) is 5.73 Å². The van der Waals surface area contributed by atoms with Gasteiger partial charge in [-0.3, -0.25) is 0 Å². The molecule has 0 spiro atoms. The highest BCUT2D eigenvalue weighted by atomic mass is 16.4. The van der Waals surface area contributed by atoms with E-state index in [1.165, 1.54) is 0 Å². The Labute approximate surface area is 63.9 Å². The van der Waals surface area contributed by atoms with Gasteiger partial charge in [0, 0.05) is 6.54 Å². The first kappa shape index (κ1) is 9.54. The molecular weight excluding hydrogens is 150 g/mol. The number of urea groups is 1. The zero-order chi connectivity index (χ0) is 8.85. The molecule has 0 bridgehead atoms. The van der Waals surface area contributed by atoms with Gasteiger partial charge in [-0.2, -0.15) is 0 Å². The largest absolute Gasteiger partial charge is 0.464 e. The molecule has 0 aromatic heterocycles. The zero-order valence-corrected chi connectivity index (χ0v) is 6.20. The number of carbonyl (C=O) groups excluding carboxylic acids is 1. The zero-order valence-electron chi connectivity index (χ0n) is 6.20. The number of hydrazine groups is 1. The molecule has 0 aliphatic carbocycles. The second-order valence-electron chi connectivity index (χ2n) is 1.91. The summed E-state index contributed by atoms with van der Waals surface area (Å²) in [6, 6.07) is -0.874. The fourth-order valence-electron chi connectivity index (χ4n) is 0.556.